The number of carboxylic acid groups (broad SMARTS) is 2. The van der Waals surface area contributed by atoms with E-state index in [0.29, 0.717) is 0 Å². The lowest BCUT2D eigenvalue weighted by Gasteiger charge is -2.19. The molecule has 8 N–H and O–H groups in total. The Bertz CT molecular complexity index is 931. The van der Waals surface area contributed by atoms with Gasteiger partial charge in [0, 0.05) is 24.3 Å². The van der Waals surface area contributed by atoms with Gasteiger partial charge in [-0.2, -0.15) is 0 Å². The molecule has 2 aromatic carbocycles. The summed E-state index contributed by atoms with van der Waals surface area (Å²) in [5, 5.41) is 23.7. The van der Waals surface area contributed by atoms with E-state index in [1.807, 2.05) is 12.1 Å². The molecule has 4 unspecified atom stereocenters. The molecular formula is C24H30N4O6S2. The third-order valence-electron chi connectivity index (χ3n) is 5.05. The molecule has 0 saturated heterocycles. The molecule has 0 heterocycles. The van der Waals surface area contributed by atoms with Crippen molar-refractivity contribution in [3.8, 4) is 0 Å². The van der Waals surface area contributed by atoms with E-state index in [4.69, 9.17) is 11.5 Å². The highest BCUT2D eigenvalue weighted by atomic mass is 33.1. The van der Waals surface area contributed by atoms with Gasteiger partial charge in [0.05, 0.1) is 12.1 Å². The minimum atomic E-state index is -1.16. The summed E-state index contributed by atoms with van der Waals surface area (Å²) in [6, 6.07) is 13.7. The quantitative estimate of drug-likeness (QED) is 0.140. The second kappa shape index (κ2) is 15.1. The van der Waals surface area contributed by atoms with Gasteiger partial charge in [-0.05, 0) is 11.1 Å². The largest absolute Gasteiger partial charge is 0.480 e. The van der Waals surface area contributed by atoms with Crippen molar-refractivity contribution in [2.45, 2.75) is 37.0 Å². The van der Waals surface area contributed by atoms with E-state index in [2.05, 4.69) is 10.6 Å². The van der Waals surface area contributed by atoms with Crippen molar-refractivity contribution in [2.75, 3.05) is 11.5 Å². The first kappa shape index (κ1) is 29.2. The van der Waals surface area contributed by atoms with E-state index < -0.39 is 47.9 Å². The minimum Gasteiger partial charge on any atom is -0.480 e. The Kier molecular flexibility index (Phi) is 12.3. The molecule has 2 amide bonds. The summed E-state index contributed by atoms with van der Waals surface area (Å²) in [4.78, 5) is 47.8. The summed E-state index contributed by atoms with van der Waals surface area (Å²) in [6.45, 7) is 0. The summed E-state index contributed by atoms with van der Waals surface area (Å²) < 4.78 is 0. The van der Waals surface area contributed by atoms with Crippen LogP contribution in [0.15, 0.2) is 60.7 Å². The number of benzene rings is 2. The third kappa shape index (κ3) is 10.3. The van der Waals surface area contributed by atoms with E-state index in [1.165, 1.54) is 21.6 Å². The lowest BCUT2D eigenvalue weighted by molar-refractivity contribution is -0.142. The molecule has 0 aliphatic carbocycles. The molecule has 2 rings (SSSR count). The van der Waals surface area contributed by atoms with Gasteiger partial charge in [0.2, 0.25) is 11.8 Å². The average molecular weight is 535 g/mol. The lowest BCUT2D eigenvalue weighted by Crippen LogP contribution is -2.50. The number of aliphatic carboxylic acids is 2. The molecule has 0 radical (unpaired) electrons. The molecule has 2 aromatic rings. The molecule has 36 heavy (non-hydrogen) atoms. The van der Waals surface area contributed by atoms with Gasteiger partial charge in [0.25, 0.3) is 0 Å². The molecule has 4 atom stereocenters. The number of carbonyl (C=O) groups excluding carboxylic acids is 2. The highest BCUT2D eigenvalue weighted by molar-refractivity contribution is 8.76. The zero-order chi connectivity index (χ0) is 26.5. The van der Waals surface area contributed by atoms with Crippen LogP contribution in [-0.4, -0.2) is 69.6 Å². The van der Waals surface area contributed by atoms with Crippen LogP contribution in [0.4, 0.5) is 0 Å². The molecule has 0 bridgehead atoms. The zero-order valence-corrected chi connectivity index (χ0v) is 21.0. The Labute approximate surface area is 217 Å². The van der Waals surface area contributed by atoms with E-state index in [-0.39, 0.29) is 24.3 Å². The topological polar surface area (TPSA) is 185 Å². The number of carbonyl (C=O) groups is 4. The number of nitrogens with one attached hydrogen (secondary N) is 2. The van der Waals surface area contributed by atoms with Crippen LogP contribution in [0.5, 0.6) is 0 Å². The first-order valence-corrected chi connectivity index (χ1v) is 13.6. The standard InChI is InChI=1S/C24H30N4O6S2/c25-17(21(29)27-19(23(31)32)11-15-7-3-1-4-8-15)13-35-36-14-18(26)22(30)28-20(24(33)34)12-16-9-5-2-6-10-16/h1-10,17-20H,11-14,25-26H2,(H,27,29)(H,28,30)(H,31,32)(H,33,34). The van der Waals surface area contributed by atoms with Crippen molar-refractivity contribution in [3.05, 3.63) is 71.8 Å². The Morgan fingerprint density at radius 3 is 1.31 bits per heavy atom. The van der Waals surface area contributed by atoms with Gasteiger partial charge in [-0.1, -0.05) is 82.3 Å². The van der Waals surface area contributed by atoms with Crippen molar-refractivity contribution in [1.29, 1.82) is 0 Å². The number of rotatable bonds is 15. The SMILES string of the molecule is NC(CSSCC(N)C(=O)NC(Cc1ccccc1)C(=O)O)C(=O)NC(Cc1ccccc1)C(=O)O. The highest BCUT2D eigenvalue weighted by Gasteiger charge is 2.25. The van der Waals surface area contributed by atoms with Gasteiger partial charge in [-0.25, -0.2) is 9.59 Å². The molecule has 194 valence electrons. The van der Waals surface area contributed by atoms with Crippen LogP contribution < -0.4 is 22.1 Å². The fourth-order valence-corrected chi connectivity index (χ4v) is 5.30. The van der Waals surface area contributed by atoms with Gasteiger partial charge in [0.1, 0.15) is 12.1 Å². The third-order valence-corrected chi connectivity index (χ3v) is 7.52. The summed E-state index contributed by atoms with van der Waals surface area (Å²) >= 11 is 0. The van der Waals surface area contributed by atoms with Gasteiger partial charge in [-0.15, -0.1) is 0 Å². The number of hydrogen-bond donors (Lipinski definition) is 6. The highest BCUT2D eigenvalue weighted by Crippen LogP contribution is 2.22. The van der Waals surface area contributed by atoms with Crippen LogP contribution in [0.3, 0.4) is 0 Å². The predicted molar refractivity (Wildman–Crippen MR) is 140 cm³/mol. The maximum Gasteiger partial charge on any atom is 0.326 e. The predicted octanol–water partition coefficient (Wildman–Crippen LogP) is 0.647. The zero-order valence-electron chi connectivity index (χ0n) is 19.4. The first-order valence-electron chi connectivity index (χ1n) is 11.1. The number of hydrogen-bond acceptors (Lipinski definition) is 8. The van der Waals surface area contributed by atoms with Gasteiger partial charge < -0.3 is 32.3 Å². The molecule has 0 aliphatic rings. The maximum absolute atomic E-state index is 12.4. The van der Waals surface area contributed by atoms with Gasteiger partial charge in [0.15, 0.2) is 0 Å². The minimum absolute atomic E-state index is 0.127. The molecule has 0 aromatic heterocycles. The molecule has 0 spiro atoms. The second-order valence-electron chi connectivity index (χ2n) is 7.96. The van der Waals surface area contributed by atoms with Gasteiger partial charge in [-0.3, -0.25) is 9.59 Å². The molecule has 0 saturated carbocycles. The molecule has 0 aliphatic heterocycles. The fourth-order valence-electron chi connectivity index (χ4n) is 3.05. The second-order valence-corrected chi connectivity index (χ2v) is 10.5. The Morgan fingerprint density at radius 1 is 0.667 bits per heavy atom. The van der Waals surface area contributed by atoms with Crippen molar-refractivity contribution in [3.63, 3.8) is 0 Å². The average Bonchev–Trinajstić information content (AvgIpc) is 2.86. The van der Waals surface area contributed by atoms with Crippen molar-refractivity contribution >= 4 is 45.3 Å². The van der Waals surface area contributed by atoms with E-state index in [0.717, 1.165) is 11.1 Å². The van der Waals surface area contributed by atoms with Crippen molar-refractivity contribution in [2.24, 2.45) is 11.5 Å². The maximum atomic E-state index is 12.4. The summed E-state index contributed by atoms with van der Waals surface area (Å²) in [5.41, 5.74) is 13.3. The van der Waals surface area contributed by atoms with Crippen LogP contribution in [0.2, 0.25) is 0 Å². The Morgan fingerprint density at radius 2 is 1.00 bits per heavy atom. The van der Waals surface area contributed by atoms with Crippen molar-refractivity contribution < 1.29 is 29.4 Å². The lowest BCUT2D eigenvalue weighted by atomic mass is 10.1. The summed E-state index contributed by atoms with van der Waals surface area (Å²) in [6.07, 6.45) is 0.254. The van der Waals surface area contributed by atoms with E-state index in [1.54, 1.807) is 48.5 Å². The normalized spacial score (nSPS) is 14.2. The van der Waals surface area contributed by atoms with Crippen LogP contribution in [0.25, 0.3) is 0 Å². The first-order chi connectivity index (χ1) is 17.2. The fraction of sp³-hybridized carbons (Fsp3) is 0.333. The smallest absolute Gasteiger partial charge is 0.326 e. The Hall–Kier alpha value is -3.06. The van der Waals surface area contributed by atoms with Crippen molar-refractivity contribution in [1.82, 2.24) is 10.6 Å². The van der Waals surface area contributed by atoms with E-state index >= 15 is 0 Å². The molecular weight excluding hydrogens is 504 g/mol. The van der Waals surface area contributed by atoms with Crippen LogP contribution in [0.1, 0.15) is 11.1 Å². The summed E-state index contributed by atoms with van der Waals surface area (Å²) in [7, 11) is 2.42. The molecule has 12 heteroatoms. The van der Waals surface area contributed by atoms with Crippen LogP contribution in [-0.2, 0) is 32.0 Å². The van der Waals surface area contributed by atoms with Crippen LogP contribution in [0, 0.1) is 0 Å². The molecule has 10 nitrogen and oxygen atoms in total. The number of nitrogens with two attached hydrogens (primary N) is 2. The molecule has 0 fully saturated rings. The van der Waals surface area contributed by atoms with Crippen LogP contribution >= 0.6 is 21.6 Å². The number of carboxylic acids is 2. The summed E-state index contributed by atoms with van der Waals surface area (Å²) in [5.74, 6) is -3.20. The van der Waals surface area contributed by atoms with E-state index in [9.17, 15) is 29.4 Å². The number of amides is 2. The van der Waals surface area contributed by atoms with Gasteiger partial charge >= 0.3 is 11.9 Å². The Balaban J connectivity index is 1.74. The monoisotopic (exact) mass is 534 g/mol.